The van der Waals surface area contributed by atoms with Gasteiger partial charge in [0.2, 0.25) is 5.91 Å². The lowest BCUT2D eigenvalue weighted by Crippen LogP contribution is -2.15. The summed E-state index contributed by atoms with van der Waals surface area (Å²) >= 11 is 0. The number of ether oxygens (including phenoxy) is 2. The van der Waals surface area contributed by atoms with Gasteiger partial charge in [0.15, 0.2) is 0 Å². The van der Waals surface area contributed by atoms with Crippen LogP contribution in [0, 0.1) is 6.92 Å². The van der Waals surface area contributed by atoms with Crippen molar-refractivity contribution in [1.82, 2.24) is 5.32 Å². The quantitative estimate of drug-likeness (QED) is 0.741. The number of amides is 1. The molecular formula is C14H22N2O3. The van der Waals surface area contributed by atoms with E-state index in [9.17, 15) is 4.79 Å². The van der Waals surface area contributed by atoms with Gasteiger partial charge >= 0.3 is 0 Å². The molecule has 0 radical (unpaired) electrons. The maximum absolute atomic E-state index is 11.8. The largest absolute Gasteiger partial charge is 0.496 e. The molecule has 0 atom stereocenters. The summed E-state index contributed by atoms with van der Waals surface area (Å²) in [5.41, 5.74) is 1.60. The highest BCUT2D eigenvalue weighted by molar-refractivity contribution is 5.92. The number of nitrogens with one attached hydrogen (secondary N) is 2. The van der Waals surface area contributed by atoms with E-state index < -0.39 is 0 Å². The molecule has 19 heavy (non-hydrogen) atoms. The molecule has 0 aliphatic rings. The zero-order valence-corrected chi connectivity index (χ0v) is 12.0. The fourth-order valence-electron chi connectivity index (χ4n) is 1.79. The van der Waals surface area contributed by atoms with E-state index in [0.717, 1.165) is 24.3 Å². The van der Waals surface area contributed by atoms with Gasteiger partial charge in [0, 0.05) is 12.5 Å². The van der Waals surface area contributed by atoms with Crippen LogP contribution in [0.2, 0.25) is 0 Å². The Morgan fingerprint density at radius 2 is 1.89 bits per heavy atom. The summed E-state index contributed by atoms with van der Waals surface area (Å²) in [5, 5.41) is 5.86. The monoisotopic (exact) mass is 266 g/mol. The number of methoxy groups -OCH3 is 2. The fraction of sp³-hybridized carbons (Fsp3) is 0.500. The van der Waals surface area contributed by atoms with Crippen LogP contribution >= 0.6 is 0 Å². The number of hydrogen-bond donors (Lipinski definition) is 2. The van der Waals surface area contributed by atoms with Gasteiger partial charge in [0.05, 0.1) is 19.9 Å². The van der Waals surface area contributed by atoms with Gasteiger partial charge in [0.25, 0.3) is 0 Å². The van der Waals surface area contributed by atoms with Crippen LogP contribution in [0.5, 0.6) is 11.5 Å². The summed E-state index contributed by atoms with van der Waals surface area (Å²) in [4.78, 5) is 11.8. The molecule has 0 saturated carbocycles. The SMILES string of the molecule is CNCCCC(=O)Nc1cc(OC)c(C)cc1OC. The highest BCUT2D eigenvalue weighted by Gasteiger charge is 2.11. The minimum atomic E-state index is -0.0283. The molecule has 1 aromatic rings. The predicted molar refractivity (Wildman–Crippen MR) is 76.1 cm³/mol. The van der Waals surface area contributed by atoms with Crippen molar-refractivity contribution in [2.45, 2.75) is 19.8 Å². The van der Waals surface area contributed by atoms with Crippen molar-refractivity contribution >= 4 is 11.6 Å². The average Bonchev–Trinajstić information content (AvgIpc) is 2.40. The van der Waals surface area contributed by atoms with Crippen LogP contribution in [0.15, 0.2) is 12.1 Å². The molecule has 0 bridgehead atoms. The topological polar surface area (TPSA) is 59.6 Å². The standard InChI is InChI=1S/C14H22N2O3/c1-10-8-13(19-4)11(9-12(10)18-3)16-14(17)6-5-7-15-2/h8-9,15H,5-7H2,1-4H3,(H,16,17). The minimum absolute atomic E-state index is 0.0283. The predicted octanol–water partition coefficient (Wildman–Crippen LogP) is 1.95. The van der Waals surface area contributed by atoms with Crippen LogP contribution < -0.4 is 20.1 Å². The molecule has 106 valence electrons. The van der Waals surface area contributed by atoms with Crippen LogP contribution in [0.3, 0.4) is 0 Å². The minimum Gasteiger partial charge on any atom is -0.496 e. The van der Waals surface area contributed by atoms with Crippen molar-refractivity contribution in [2.24, 2.45) is 0 Å². The molecule has 2 N–H and O–H groups in total. The zero-order chi connectivity index (χ0) is 14.3. The van der Waals surface area contributed by atoms with Crippen molar-refractivity contribution < 1.29 is 14.3 Å². The van der Waals surface area contributed by atoms with Gasteiger partial charge in [0.1, 0.15) is 11.5 Å². The summed E-state index contributed by atoms with van der Waals surface area (Å²) in [6, 6.07) is 3.63. The third-order valence-corrected chi connectivity index (χ3v) is 2.82. The summed E-state index contributed by atoms with van der Waals surface area (Å²) in [6.07, 6.45) is 1.27. The van der Waals surface area contributed by atoms with Gasteiger partial charge in [-0.1, -0.05) is 0 Å². The third-order valence-electron chi connectivity index (χ3n) is 2.82. The Morgan fingerprint density at radius 1 is 1.21 bits per heavy atom. The van der Waals surface area contributed by atoms with Crippen molar-refractivity contribution in [2.75, 3.05) is 33.1 Å². The van der Waals surface area contributed by atoms with Crippen LogP contribution in [0.25, 0.3) is 0 Å². The summed E-state index contributed by atoms with van der Waals surface area (Å²) < 4.78 is 10.5. The lowest BCUT2D eigenvalue weighted by atomic mass is 10.1. The van der Waals surface area contributed by atoms with E-state index in [4.69, 9.17) is 9.47 Å². The first-order valence-corrected chi connectivity index (χ1v) is 6.29. The van der Waals surface area contributed by atoms with Gasteiger partial charge in [-0.05, 0) is 38.6 Å². The van der Waals surface area contributed by atoms with Crippen molar-refractivity contribution in [1.29, 1.82) is 0 Å². The van der Waals surface area contributed by atoms with E-state index in [1.54, 1.807) is 20.3 Å². The van der Waals surface area contributed by atoms with Crippen molar-refractivity contribution in [3.05, 3.63) is 17.7 Å². The number of carbonyl (C=O) groups is 1. The van der Waals surface area contributed by atoms with Gasteiger partial charge < -0.3 is 20.1 Å². The average molecular weight is 266 g/mol. The number of benzene rings is 1. The van der Waals surface area contributed by atoms with E-state index >= 15 is 0 Å². The summed E-state index contributed by atoms with van der Waals surface area (Å²) in [5.74, 6) is 1.34. The molecule has 0 heterocycles. The number of carbonyl (C=O) groups excluding carboxylic acids is 1. The Hall–Kier alpha value is -1.75. The molecule has 0 aliphatic carbocycles. The highest BCUT2D eigenvalue weighted by atomic mass is 16.5. The number of anilines is 1. The van der Waals surface area contributed by atoms with Crippen molar-refractivity contribution in [3.8, 4) is 11.5 Å². The Labute approximate surface area is 114 Å². The van der Waals surface area contributed by atoms with E-state index in [2.05, 4.69) is 10.6 Å². The van der Waals surface area contributed by atoms with Crippen LogP contribution in [0.4, 0.5) is 5.69 Å². The zero-order valence-electron chi connectivity index (χ0n) is 12.0. The van der Waals surface area contributed by atoms with Gasteiger partial charge in [-0.2, -0.15) is 0 Å². The van der Waals surface area contributed by atoms with Gasteiger partial charge in [-0.3, -0.25) is 4.79 Å². The van der Waals surface area contributed by atoms with Crippen molar-refractivity contribution in [3.63, 3.8) is 0 Å². The molecule has 0 saturated heterocycles. The van der Waals surface area contributed by atoms with Crippen LogP contribution in [0.1, 0.15) is 18.4 Å². The Kier molecular flexibility index (Phi) is 6.15. The third kappa shape index (κ3) is 4.44. The first-order valence-electron chi connectivity index (χ1n) is 6.29. The summed E-state index contributed by atoms with van der Waals surface area (Å²) in [6.45, 7) is 2.75. The Morgan fingerprint density at radius 3 is 2.47 bits per heavy atom. The van der Waals surface area contributed by atoms with E-state index in [0.29, 0.717) is 17.9 Å². The van der Waals surface area contributed by atoms with Gasteiger partial charge in [-0.15, -0.1) is 0 Å². The Bertz CT molecular complexity index is 433. The van der Waals surface area contributed by atoms with Crippen LogP contribution in [-0.2, 0) is 4.79 Å². The highest BCUT2D eigenvalue weighted by Crippen LogP contribution is 2.32. The second kappa shape index (κ2) is 7.63. The lowest BCUT2D eigenvalue weighted by Gasteiger charge is -2.13. The Balaban J connectivity index is 2.78. The normalized spacial score (nSPS) is 10.1. The van der Waals surface area contributed by atoms with E-state index in [-0.39, 0.29) is 5.91 Å². The lowest BCUT2D eigenvalue weighted by molar-refractivity contribution is -0.116. The molecule has 1 amide bonds. The van der Waals surface area contributed by atoms with E-state index in [1.165, 1.54) is 0 Å². The van der Waals surface area contributed by atoms with Crippen LogP contribution in [-0.4, -0.2) is 33.7 Å². The maximum Gasteiger partial charge on any atom is 0.224 e. The second-order valence-electron chi connectivity index (χ2n) is 4.28. The molecule has 0 aromatic heterocycles. The molecule has 1 aromatic carbocycles. The molecule has 0 fully saturated rings. The molecule has 0 aliphatic heterocycles. The number of aryl methyl sites for hydroxylation is 1. The smallest absolute Gasteiger partial charge is 0.224 e. The number of rotatable bonds is 7. The molecule has 1 rings (SSSR count). The summed E-state index contributed by atoms with van der Waals surface area (Å²) in [7, 11) is 5.05. The molecule has 5 nitrogen and oxygen atoms in total. The number of hydrogen-bond acceptors (Lipinski definition) is 4. The van der Waals surface area contributed by atoms with Gasteiger partial charge in [-0.25, -0.2) is 0 Å². The van der Waals surface area contributed by atoms with E-state index in [1.807, 2.05) is 20.0 Å². The second-order valence-corrected chi connectivity index (χ2v) is 4.28. The molecular weight excluding hydrogens is 244 g/mol. The molecule has 5 heteroatoms. The first-order chi connectivity index (χ1) is 9.12. The molecule has 0 unspecified atom stereocenters. The fourth-order valence-corrected chi connectivity index (χ4v) is 1.79. The first kappa shape index (κ1) is 15.3. The molecule has 0 spiro atoms. The maximum atomic E-state index is 11.8.